The molecule has 6 heteroatoms. The summed E-state index contributed by atoms with van der Waals surface area (Å²) in [5.74, 6) is 0.141. The van der Waals surface area contributed by atoms with Gasteiger partial charge in [0.1, 0.15) is 0 Å². The fourth-order valence-electron chi connectivity index (χ4n) is 2.62. The number of aromatic hydroxyl groups is 1. The molecule has 0 saturated carbocycles. The molecule has 118 valence electrons. The second-order valence-corrected chi connectivity index (χ2v) is 7.75. The Morgan fingerprint density at radius 2 is 1.88 bits per heavy atom. The Bertz CT molecular complexity index is 1060. The van der Waals surface area contributed by atoms with Gasteiger partial charge in [-0.2, -0.15) is 0 Å². The molecule has 1 aliphatic heterocycles. The molecule has 0 bridgehead atoms. The molecule has 4 rings (SSSR count). The van der Waals surface area contributed by atoms with Gasteiger partial charge in [0.25, 0.3) is 0 Å². The predicted molar refractivity (Wildman–Crippen MR) is 106 cm³/mol. The van der Waals surface area contributed by atoms with Gasteiger partial charge < -0.3 is 5.11 Å². The second-order valence-electron chi connectivity index (χ2n) is 5.22. The first-order chi connectivity index (χ1) is 11.6. The van der Waals surface area contributed by atoms with Gasteiger partial charge in [-0.1, -0.05) is 30.3 Å². The lowest BCUT2D eigenvalue weighted by Crippen LogP contribution is -1.94. The lowest BCUT2D eigenvalue weighted by molar-refractivity contribution is 0.441. The molecule has 0 atom stereocenters. The number of halogens is 1. The molecule has 0 unspecified atom stereocenters. The fourth-order valence-corrected chi connectivity index (χ4v) is 4.37. The van der Waals surface area contributed by atoms with E-state index in [-0.39, 0.29) is 5.88 Å². The monoisotopic (exact) mass is 414 g/mol. The van der Waals surface area contributed by atoms with E-state index in [1.54, 1.807) is 4.57 Å². The zero-order valence-electron chi connectivity index (χ0n) is 12.3. The van der Waals surface area contributed by atoms with Crippen LogP contribution in [0.3, 0.4) is 0 Å². The van der Waals surface area contributed by atoms with Gasteiger partial charge >= 0.3 is 0 Å². The average molecular weight is 415 g/mol. The molecule has 1 aliphatic rings. The summed E-state index contributed by atoms with van der Waals surface area (Å²) in [6.45, 7) is 0. The molecule has 2 aromatic carbocycles. The lowest BCUT2D eigenvalue weighted by Gasteiger charge is -2.06. The number of para-hydroxylation sites is 2. The van der Waals surface area contributed by atoms with Crippen LogP contribution in [0, 0.1) is 3.95 Å². The first-order valence-electron chi connectivity index (χ1n) is 7.20. The molecular weight excluding hydrogens is 404 g/mol. The van der Waals surface area contributed by atoms with Crippen LogP contribution in [0.2, 0.25) is 0 Å². The van der Waals surface area contributed by atoms with Crippen LogP contribution >= 0.6 is 39.5 Å². The quantitative estimate of drug-likeness (QED) is 0.522. The van der Waals surface area contributed by atoms with E-state index in [0.717, 1.165) is 27.0 Å². The van der Waals surface area contributed by atoms with E-state index in [4.69, 9.17) is 12.2 Å². The molecule has 3 aromatic rings. The minimum Gasteiger partial charge on any atom is -0.493 e. The van der Waals surface area contributed by atoms with Crippen molar-refractivity contribution in [1.82, 2.24) is 4.57 Å². The van der Waals surface area contributed by atoms with Crippen molar-refractivity contribution in [1.29, 1.82) is 0 Å². The highest BCUT2D eigenvalue weighted by atomic mass is 79.9. The molecule has 0 saturated heterocycles. The van der Waals surface area contributed by atoms with Crippen LogP contribution in [0.5, 0.6) is 5.88 Å². The van der Waals surface area contributed by atoms with Crippen molar-refractivity contribution in [2.24, 2.45) is 4.99 Å². The first-order valence-corrected chi connectivity index (χ1v) is 9.22. The summed E-state index contributed by atoms with van der Waals surface area (Å²) < 4.78 is 3.14. The summed E-state index contributed by atoms with van der Waals surface area (Å²) >= 11 is 10.3. The summed E-state index contributed by atoms with van der Waals surface area (Å²) in [6, 6.07) is 15.6. The molecule has 24 heavy (non-hydrogen) atoms. The molecule has 2 heterocycles. The van der Waals surface area contributed by atoms with Crippen molar-refractivity contribution < 1.29 is 5.11 Å². The highest BCUT2D eigenvalue weighted by molar-refractivity contribution is 9.10. The van der Waals surface area contributed by atoms with Gasteiger partial charge in [-0.25, -0.2) is 0 Å². The fraction of sp³-hybridized carbons (Fsp3) is 0. The normalized spacial score (nSPS) is 14.3. The van der Waals surface area contributed by atoms with E-state index < -0.39 is 0 Å². The number of aliphatic imine (C=N–C) groups is 1. The van der Waals surface area contributed by atoms with Crippen molar-refractivity contribution in [2.75, 3.05) is 0 Å². The van der Waals surface area contributed by atoms with Gasteiger partial charge in [0.2, 0.25) is 5.88 Å². The highest BCUT2D eigenvalue weighted by Crippen LogP contribution is 2.37. The summed E-state index contributed by atoms with van der Waals surface area (Å²) in [7, 11) is 0. The number of thiazole rings is 1. The van der Waals surface area contributed by atoms with Crippen LogP contribution in [-0.2, 0) is 0 Å². The standard InChI is InChI=1S/C18H11BrN2OS2/c19-13-6-2-4-8-15(13)21-17(22)16(24-18(21)23)9-11-10-20-14-7-3-1-5-12(11)14/h1-10,22H/b11-9-. The topological polar surface area (TPSA) is 37.5 Å². The molecule has 0 amide bonds. The summed E-state index contributed by atoms with van der Waals surface area (Å²) in [5, 5.41) is 10.7. The highest BCUT2D eigenvalue weighted by Gasteiger charge is 2.16. The maximum absolute atomic E-state index is 10.7. The Hall–Kier alpha value is -2.02. The Kier molecular flexibility index (Phi) is 3.96. The van der Waals surface area contributed by atoms with E-state index in [2.05, 4.69) is 20.9 Å². The number of hydrogen-bond donors (Lipinski definition) is 1. The largest absolute Gasteiger partial charge is 0.493 e. The van der Waals surface area contributed by atoms with Gasteiger partial charge in [-0.3, -0.25) is 9.56 Å². The van der Waals surface area contributed by atoms with E-state index >= 15 is 0 Å². The van der Waals surface area contributed by atoms with Crippen LogP contribution in [-0.4, -0.2) is 15.9 Å². The van der Waals surface area contributed by atoms with Crippen LogP contribution in [0.4, 0.5) is 5.69 Å². The predicted octanol–water partition coefficient (Wildman–Crippen LogP) is 5.99. The van der Waals surface area contributed by atoms with Crippen molar-refractivity contribution in [3.05, 3.63) is 67.4 Å². The van der Waals surface area contributed by atoms with Gasteiger partial charge in [-0.05, 0) is 52.4 Å². The molecule has 0 spiro atoms. The Morgan fingerprint density at radius 3 is 2.71 bits per heavy atom. The Morgan fingerprint density at radius 1 is 1.12 bits per heavy atom. The molecule has 1 N–H and O–H groups in total. The van der Waals surface area contributed by atoms with Gasteiger partial charge in [-0.15, -0.1) is 11.3 Å². The van der Waals surface area contributed by atoms with Crippen molar-refractivity contribution >= 4 is 63.0 Å². The molecule has 0 aliphatic carbocycles. The molecule has 0 radical (unpaired) electrons. The molecular formula is C18H11BrN2OS2. The number of benzene rings is 2. The molecule has 3 nitrogen and oxygen atoms in total. The summed E-state index contributed by atoms with van der Waals surface area (Å²) in [4.78, 5) is 5.11. The average Bonchev–Trinajstić information content (AvgIpc) is 3.11. The minimum atomic E-state index is 0.141. The SMILES string of the molecule is Oc1c(/C=C2/C=Nc3ccccc32)sc(=S)n1-c1ccccc1Br. The van der Waals surface area contributed by atoms with Crippen molar-refractivity contribution in [2.45, 2.75) is 0 Å². The zero-order valence-corrected chi connectivity index (χ0v) is 15.5. The summed E-state index contributed by atoms with van der Waals surface area (Å²) in [5.41, 5.74) is 3.79. The maximum Gasteiger partial charge on any atom is 0.215 e. The van der Waals surface area contributed by atoms with E-state index in [0.29, 0.717) is 8.83 Å². The van der Waals surface area contributed by atoms with Crippen LogP contribution < -0.4 is 0 Å². The van der Waals surface area contributed by atoms with Crippen molar-refractivity contribution in [3.63, 3.8) is 0 Å². The van der Waals surface area contributed by atoms with Crippen molar-refractivity contribution in [3.8, 4) is 11.6 Å². The molecule has 0 fully saturated rings. The number of nitrogens with zero attached hydrogens (tertiary/aromatic N) is 2. The van der Waals surface area contributed by atoms with Crippen LogP contribution in [0.25, 0.3) is 17.3 Å². The number of rotatable bonds is 2. The molecule has 1 aromatic heterocycles. The van der Waals surface area contributed by atoms with E-state index in [1.807, 2.05) is 60.8 Å². The summed E-state index contributed by atoms with van der Waals surface area (Å²) in [6.07, 6.45) is 3.74. The Labute approximate surface area is 156 Å². The minimum absolute atomic E-state index is 0.141. The number of hydrogen-bond acceptors (Lipinski definition) is 4. The first kappa shape index (κ1) is 15.5. The smallest absolute Gasteiger partial charge is 0.215 e. The third-order valence-electron chi connectivity index (χ3n) is 3.75. The van der Waals surface area contributed by atoms with Crippen LogP contribution in [0.15, 0.2) is 58.0 Å². The third kappa shape index (κ3) is 2.56. The number of aromatic nitrogens is 1. The maximum atomic E-state index is 10.7. The zero-order chi connectivity index (χ0) is 16.7. The Balaban J connectivity index is 1.84. The van der Waals surface area contributed by atoms with E-state index in [9.17, 15) is 5.11 Å². The second kappa shape index (κ2) is 6.12. The van der Waals surface area contributed by atoms with Gasteiger partial charge in [0.05, 0.1) is 16.3 Å². The number of fused-ring (bicyclic) bond motifs is 1. The van der Waals surface area contributed by atoms with E-state index in [1.165, 1.54) is 11.3 Å². The van der Waals surface area contributed by atoms with Gasteiger partial charge in [0.15, 0.2) is 3.95 Å². The lowest BCUT2D eigenvalue weighted by atomic mass is 10.1. The third-order valence-corrected chi connectivity index (χ3v) is 5.73. The van der Waals surface area contributed by atoms with Crippen LogP contribution in [0.1, 0.15) is 10.4 Å². The number of allylic oxidation sites excluding steroid dienone is 1. The van der Waals surface area contributed by atoms with Gasteiger partial charge in [0, 0.05) is 21.8 Å².